The van der Waals surface area contributed by atoms with Crippen LogP contribution in [0.3, 0.4) is 0 Å². The molecule has 7 heteroatoms. The molecule has 0 bridgehead atoms. The number of nitrogens with zero attached hydrogens (tertiary/aromatic N) is 2. The Morgan fingerprint density at radius 3 is 2.38 bits per heavy atom. The van der Waals surface area contributed by atoms with E-state index in [9.17, 15) is 18.7 Å². The number of amides is 1. The third kappa shape index (κ3) is 3.63. The standard InChI is InChI=1S/C17H18F2N2O2S/c18-12-3-1-4-13(19)16(12)17(23)21-8-6-20(7-9-21)11-14(22)15-5-2-10-24-15/h1-5,10,14,22H,6-9,11H2. The van der Waals surface area contributed by atoms with Crippen LogP contribution in [0.1, 0.15) is 21.3 Å². The number of hydrogen-bond acceptors (Lipinski definition) is 4. The van der Waals surface area contributed by atoms with Gasteiger partial charge in [0.1, 0.15) is 23.3 Å². The van der Waals surface area contributed by atoms with Crippen LogP contribution in [-0.4, -0.2) is 53.5 Å². The lowest BCUT2D eigenvalue weighted by Crippen LogP contribution is -2.49. The highest BCUT2D eigenvalue weighted by Gasteiger charge is 2.27. The highest BCUT2D eigenvalue weighted by molar-refractivity contribution is 7.10. The summed E-state index contributed by atoms with van der Waals surface area (Å²) in [4.78, 5) is 16.7. The molecule has 0 spiro atoms. The van der Waals surface area contributed by atoms with Crippen molar-refractivity contribution in [1.29, 1.82) is 0 Å². The van der Waals surface area contributed by atoms with Crippen LogP contribution in [0.5, 0.6) is 0 Å². The Balaban J connectivity index is 1.58. The number of aliphatic hydroxyl groups is 1. The zero-order chi connectivity index (χ0) is 17.1. The largest absolute Gasteiger partial charge is 0.386 e. The molecule has 1 aromatic heterocycles. The molecule has 1 aliphatic heterocycles. The summed E-state index contributed by atoms with van der Waals surface area (Å²) in [5.41, 5.74) is -0.496. The number of thiophene rings is 1. The topological polar surface area (TPSA) is 43.8 Å². The van der Waals surface area contributed by atoms with Crippen LogP contribution >= 0.6 is 11.3 Å². The molecule has 1 aromatic carbocycles. The van der Waals surface area contributed by atoms with Crippen LogP contribution in [0.2, 0.25) is 0 Å². The first kappa shape index (κ1) is 17.0. The highest BCUT2D eigenvalue weighted by atomic mass is 32.1. The fraction of sp³-hybridized carbons (Fsp3) is 0.353. The lowest BCUT2D eigenvalue weighted by atomic mass is 10.1. The summed E-state index contributed by atoms with van der Waals surface area (Å²) in [7, 11) is 0. The molecule has 4 nitrogen and oxygen atoms in total. The van der Waals surface area contributed by atoms with Gasteiger partial charge in [0.05, 0.1) is 0 Å². The van der Waals surface area contributed by atoms with E-state index in [-0.39, 0.29) is 0 Å². The third-order valence-electron chi connectivity index (χ3n) is 4.14. The van der Waals surface area contributed by atoms with E-state index in [0.717, 1.165) is 17.0 Å². The molecular weight excluding hydrogens is 334 g/mol. The van der Waals surface area contributed by atoms with Gasteiger partial charge in [0, 0.05) is 37.6 Å². The maximum atomic E-state index is 13.7. The predicted molar refractivity (Wildman–Crippen MR) is 88.0 cm³/mol. The Morgan fingerprint density at radius 2 is 1.79 bits per heavy atom. The molecule has 2 aromatic rings. The smallest absolute Gasteiger partial charge is 0.259 e. The second-order valence-corrected chi connectivity index (χ2v) is 6.70. The van der Waals surface area contributed by atoms with Crippen molar-refractivity contribution in [1.82, 2.24) is 9.80 Å². The zero-order valence-corrected chi connectivity index (χ0v) is 13.8. The summed E-state index contributed by atoms with van der Waals surface area (Å²) in [5, 5.41) is 12.1. The monoisotopic (exact) mass is 352 g/mol. The Hall–Kier alpha value is -1.83. The number of β-amino-alcohol motifs (C(OH)–C–C–N with tert-alkyl or cyclic N) is 1. The summed E-state index contributed by atoms with van der Waals surface area (Å²) < 4.78 is 27.5. The molecule has 1 fully saturated rings. The number of hydrogen-bond donors (Lipinski definition) is 1. The molecule has 0 aliphatic carbocycles. The van der Waals surface area contributed by atoms with Crippen LogP contribution in [0.4, 0.5) is 8.78 Å². The number of carbonyl (C=O) groups is 1. The third-order valence-corrected chi connectivity index (χ3v) is 5.11. The van der Waals surface area contributed by atoms with Gasteiger partial charge < -0.3 is 10.0 Å². The molecule has 24 heavy (non-hydrogen) atoms. The van der Waals surface area contributed by atoms with Crippen molar-refractivity contribution in [2.75, 3.05) is 32.7 Å². The van der Waals surface area contributed by atoms with Gasteiger partial charge in [-0.3, -0.25) is 9.69 Å². The number of halogens is 2. The normalized spacial score (nSPS) is 17.0. The molecule has 1 atom stereocenters. The van der Waals surface area contributed by atoms with E-state index in [1.54, 1.807) is 0 Å². The summed E-state index contributed by atoms with van der Waals surface area (Å²) in [6.07, 6.45) is -0.559. The molecule has 128 valence electrons. The lowest BCUT2D eigenvalue weighted by molar-refractivity contribution is 0.0525. The fourth-order valence-electron chi connectivity index (χ4n) is 2.81. The Labute approximate surface area is 142 Å². The van der Waals surface area contributed by atoms with Crippen molar-refractivity contribution in [2.24, 2.45) is 0 Å². The van der Waals surface area contributed by atoms with Crippen molar-refractivity contribution in [2.45, 2.75) is 6.10 Å². The van der Waals surface area contributed by atoms with Gasteiger partial charge in [-0.05, 0) is 23.6 Å². The van der Waals surface area contributed by atoms with Crippen molar-refractivity contribution < 1.29 is 18.7 Å². The van der Waals surface area contributed by atoms with E-state index in [1.807, 2.05) is 22.4 Å². The average Bonchev–Trinajstić information content (AvgIpc) is 3.10. The van der Waals surface area contributed by atoms with Gasteiger partial charge in [-0.2, -0.15) is 0 Å². The van der Waals surface area contributed by atoms with Gasteiger partial charge >= 0.3 is 0 Å². The molecule has 3 rings (SSSR count). The molecule has 1 amide bonds. The minimum atomic E-state index is -0.837. The molecule has 0 radical (unpaired) electrons. The molecule has 0 saturated carbocycles. The van der Waals surface area contributed by atoms with E-state index >= 15 is 0 Å². The Bertz CT molecular complexity index is 680. The van der Waals surface area contributed by atoms with Crippen molar-refractivity contribution in [3.63, 3.8) is 0 Å². The highest BCUT2D eigenvalue weighted by Crippen LogP contribution is 2.21. The van der Waals surface area contributed by atoms with Crippen molar-refractivity contribution in [3.8, 4) is 0 Å². The van der Waals surface area contributed by atoms with E-state index in [1.165, 1.54) is 22.3 Å². The quantitative estimate of drug-likeness (QED) is 0.920. The van der Waals surface area contributed by atoms with Crippen LogP contribution in [0.15, 0.2) is 35.7 Å². The minimum Gasteiger partial charge on any atom is -0.386 e. The van der Waals surface area contributed by atoms with E-state index in [0.29, 0.717) is 32.7 Å². The molecule has 1 N–H and O–H groups in total. The Kier molecular flexibility index (Phi) is 5.23. The Morgan fingerprint density at radius 1 is 1.12 bits per heavy atom. The number of carbonyl (C=O) groups excluding carboxylic acids is 1. The summed E-state index contributed by atoms with van der Waals surface area (Å²) in [6.45, 7) is 2.36. The lowest BCUT2D eigenvalue weighted by Gasteiger charge is -2.35. The number of benzene rings is 1. The summed E-state index contributed by atoms with van der Waals surface area (Å²) in [6, 6.07) is 7.19. The molecule has 1 saturated heterocycles. The number of piperazine rings is 1. The van der Waals surface area contributed by atoms with Gasteiger partial charge in [0.25, 0.3) is 5.91 Å². The van der Waals surface area contributed by atoms with Crippen LogP contribution in [0.25, 0.3) is 0 Å². The van der Waals surface area contributed by atoms with Crippen LogP contribution < -0.4 is 0 Å². The second-order valence-electron chi connectivity index (χ2n) is 5.72. The maximum absolute atomic E-state index is 13.7. The van der Waals surface area contributed by atoms with Gasteiger partial charge in [0.2, 0.25) is 0 Å². The van der Waals surface area contributed by atoms with Crippen LogP contribution in [0, 0.1) is 11.6 Å². The second kappa shape index (κ2) is 7.38. The average molecular weight is 352 g/mol. The predicted octanol–water partition coefficient (Wildman–Crippen LogP) is 2.52. The van der Waals surface area contributed by atoms with Gasteiger partial charge in [-0.1, -0.05) is 12.1 Å². The van der Waals surface area contributed by atoms with Gasteiger partial charge in [-0.15, -0.1) is 11.3 Å². The zero-order valence-electron chi connectivity index (χ0n) is 13.0. The molecule has 2 heterocycles. The summed E-state index contributed by atoms with van der Waals surface area (Å²) >= 11 is 1.50. The van der Waals surface area contributed by atoms with E-state index < -0.39 is 29.2 Å². The van der Waals surface area contributed by atoms with Crippen molar-refractivity contribution >= 4 is 17.2 Å². The molecule has 1 aliphatic rings. The molecular formula is C17H18F2N2O2S. The SMILES string of the molecule is O=C(c1c(F)cccc1F)N1CCN(CC(O)c2cccs2)CC1. The minimum absolute atomic E-state index is 0.379. The van der Waals surface area contributed by atoms with E-state index in [2.05, 4.69) is 0 Å². The van der Waals surface area contributed by atoms with E-state index in [4.69, 9.17) is 0 Å². The first-order valence-corrected chi connectivity index (χ1v) is 8.61. The van der Waals surface area contributed by atoms with Gasteiger partial charge in [0.15, 0.2) is 0 Å². The summed E-state index contributed by atoms with van der Waals surface area (Å²) in [5.74, 6) is -2.30. The number of aliphatic hydroxyl groups excluding tert-OH is 1. The maximum Gasteiger partial charge on any atom is 0.259 e. The fourth-order valence-corrected chi connectivity index (χ4v) is 3.51. The van der Waals surface area contributed by atoms with Crippen LogP contribution in [-0.2, 0) is 0 Å². The first-order chi connectivity index (χ1) is 11.6. The van der Waals surface area contributed by atoms with Crippen molar-refractivity contribution in [3.05, 3.63) is 57.8 Å². The molecule has 1 unspecified atom stereocenters. The first-order valence-electron chi connectivity index (χ1n) is 7.73. The van der Waals surface area contributed by atoms with Gasteiger partial charge in [-0.25, -0.2) is 8.78 Å². The number of rotatable bonds is 4.